The molecule has 2 heterocycles. The van der Waals surface area contributed by atoms with Crippen molar-refractivity contribution >= 4 is 5.96 Å². The molecule has 0 unspecified atom stereocenters. The number of nitrogens with one attached hydrogen (secondary N) is 2. The van der Waals surface area contributed by atoms with Gasteiger partial charge >= 0.3 is 0 Å². The molecule has 1 fully saturated rings. The molecule has 124 valence electrons. The first kappa shape index (κ1) is 16.9. The van der Waals surface area contributed by atoms with E-state index in [-0.39, 0.29) is 0 Å². The standard InChI is InChI=1S/C17H30N4O/c1-18-17(20-15-16-9-8-14-22-16)19-10-4-2-5-11-21-12-6-3-7-13-21/h8-9,14H,2-7,10-13,15H2,1H3,(H2,18,19,20). The molecule has 0 atom stereocenters. The Balaban J connectivity index is 1.47. The Kier molecular flexibility index (Phi) is 7.88. The van der Waals surface area contributed by atoms with E-state index in [1.807, 2.05) is 12.1 Å². The van der Waals surface area contributed by atoms with E-state index in [0.717, 1.165) is 18.3 Å². The zero-order valence-corrected chi connectivity index (χ0v) is 13.8. The third-order valence-corrected chi connectivity index (χ3v) is 4.13. The summed E-state index contributed by atoms with van der Waals surface area (Å²) >= 11 is 0. The zero-order chi connectivity index (χ0) is 15.5. The number of unbranched alkanes of at least 4 members (excludes halogenated alkanes) is 2. The van der Waals surface area contributed by atoms with E-state index in [0.29, 0.717) is 6.54 Å². The molecule has 2 rings (SSSR count). The molecule has 1 saturated heterocycles. The Hall–Kier alpha value is -1.49. The highest BCUT2D eigenvalue weighted by molar-refractivity contribution is 5.79. The summed E-state index contributed by atoms with van der Waals surface area (Å²) in [4.78, 5) is 6.84. The SMILES string of the molecule is CN=C(NCCCCCN1CCCCC1)NCc1ccco1. The van der Waals surface area contributed by atoms with Crippen LogP contribution in [0.15, 0.2) is 27.8 Å². The van der Waals surface area contributed by atoms with Gasteiger partial charge in [-0.05, 0) is 57.5 Å². The smallest absolute Gasteiger partial charge is 0.191 e. The van der Waals surface area contributed by atoms with Gasteiger partial charge in [0, 0.05) is 13.6 Å². The Morgan fingerprint density at radius 2 is 2.05 bits per heavy atom. The normalized spacial score (nSPS) is 16.7. The maximum Gasteiger partial charge on any atom is 0.191 e. The molecule has 0 amide bonds. The van der Waals surface area contributed by atoms with Crippen molar-refractivity contribution in [3.05, 3.63) is 24.2 Å². The highest BCUT2D eigenvalue weighted by Gasteiger charge is 2.08. The van der Waals surface area contributed by atoms with E-state index >= 15 is 0 Å². The second-order valence-corrected chi connectivity index (χ2v) is 5.89. The molecule has 1 aromatic heterocycles. The molecule has 5 nitrogen and oxygen atoms in total. The maximum atomic E-state index is 5.29. The molecule has 2 N–H and O–H groups in total. The van der Waals surface area contributed by atoms with Crippen LogP contribution in [0.25, 0.3) is 0 Å². The van der Waals surface area contributed by atoms with Crippen molar-refractivity contribution < 1.29 is 4.42 Å². The van der Waals surface area contributed by atoms with Crippen LogP contribution in [0.2, 0.25) is 0 Å². The quantitative estimate of drug-likeness (QED) is 0.440. The van der Waals surface area contributed by atoms with E-state index in [9.17, 15) is 0 Å². The summed E-state index contributed by atoms with van der Waals surface area (Å²) in [7, 11) is 1.80. The lowest BCUT2D eigenvalue weighted by molar-refractivity contribution is 0.224. The predicted molar refractivity (Wildman–Crippen MR) is 91.1 cm³/mol. The molecule has 0 radical (unpaired) electrons. The number of rotatable bonds is 8. The Morgan fingerprint density at radius 3 is 2.77 bits per heavy atom. The van der Waals surface area contributed by atoms with Gasteiger partial charge in [-0.1, -0.05) is 12.8 Å². The first-order valence-electron chi connectivity index (χ1n) is 8.58. The lowest BCUT2D eigenvalue weighted by Crippen LogP contribution is -2.37. The lowest BCUT2D eigenvalue weighted by Gasteiger charge is -2.26. The van der Waals surface area contributed by atoms with Crippen LogP contribution in [0.5, 0.6) is 0 Å². The fraction of sp³-hybridized carbons (Fsp3) is 0.706. The van der Waals surface area contributed by atoms with Gasteiger partial charge in [0.2, 0.25) is 0 Å². The third-order valence-electron chi connectivity index (χ3n) is 4.13. The Morgan fingerprint density at radius 1 is 1.18 bits per heavy atom. The molecule has 0 aliphatic carbocycles. The fourth-order valence-electron chi connectivity index (χ4n) is 2.83. The van der Waals surface area contributed by atoms with Crippen LogP contribution in [0, 0.1) is 0 Å². The van der Waals surface area contributed by atoms with Gasteiger partial charge in [-0.15, -0.1) is 0 Å². The van der Waals surface area contributed by atoms with Crippen LogP contribution in [0.4, 0.5) is 0 Å². The fourth-order valence-corrected chi connectivity index (χ4v) is 2.83. The summed E-state index contributed by atoms with van der Waals surface area (Å²) in [5.74, 6) is 1.76. The summed E-state index contributed by atoms with van der Waals surface area (Å²) in [6.45, 7) is 5.52. The summed E-state index contributed by atoms with van der Waals surface area (Å²) in [6.07, 6.45) is 9.66. The first-order chi connectivity index (χ1) is 10.9. The number of likely N-dealkylation sites (tertiary alicyclic amines) is 1. The van der Waals surface area contributed by atoms with Gasteiger partial charge in [0.15, 0.2) is 5.96 Å². The Labute approximate surface area is 134 Å². The van der Waals surface area contributed by atoms with Crippen molar-refractivity contribution in [1.82, 2.24) is 15.5 Å². The van der Waals surface area contributed by atoms with Crippen LogP contribution in [-0.2, 0) is 6.54 Å². The number of aliphatic imine (C=N–C) groups is 1. The predicted octanol–water partition coefficient (Wildman–Crippen LogP) is 2.60. The molecule has 1 aromatic rings. The van der Waals surface area contributed by atoms with Gasteiger partial charge in [-0.25, -0.2) is 0 Å². The Bertz CT molecular complexity index is 410. The number of piperidine rings is 1. The van der Waals surface area contributed by atoms with E-state index < -0.39 is 0 Å². The second kappa shape index (κ2) is 10.3. The molecule has 22 heavy (non-hydrogen) atoms. The second-order valence-electron chi connectivity index (χ2n) is 5.89. The van der Waals surface area contributed by atoms with E-state index in [1.165, 1.54) is 58.2 Å². The third kappa shape index (κ3) is 6.52. The number of nitrogens with zero attached hydrogens (tertiary/aromatic N) is 2. The number of hydrogen-bond acceptors (Lipinski definition) is 3. The van der Waals surface area contributed by atoms with Crippen molar-refractivity contribution in [2.24, 2.45) is 4.99 Å². The summed E-state index contributed by atoms with van der Waals surface area (Å²) in [5, 5.41) is 6.61. The molecule has 1 aliphatic rings. The summed E-state index contributed by atoms with van der Waals surface area (Å²) in [5.41, 5.74) is 0. The van der Waals surface area contributed by atoms with Crippen LogP contribution in [-0.4, -0.2) is 44.1 Å². The van der Waals surface area contributed by atoms with Gasteiger partial charge in [-0.3, -0.25) is 4.99 Å². The number of hydrogen-bond donors (Lipinski definition) is 2. The molecule has 0 saturated carbocycles. The molecular formula is C17H30N4O. The van der Waals surface area contributed by atoms with Crippen molar-refractivity contribution in [3.63, 3.8) is 0 Å². The minimum absolute atomic E-state index is 0.668. The highest BCUT2D eigenvalue weighted by atomic mass is 16.3. The van der Waals surface area contributed by atoms with Gasteiger partial charge in [-0.2, -0.15) is 0 Å². The maximum absolute atomic E-state index is 5.29. The average molecular weight is 306 g/mol. The lowest BCUT2D eigenvalue weighted by atomic mass is 10.1. The molecule has 5 heteroatoms. The van der Waals surface area contributed by atoms with Crippen LogP contribution >= 0.6 is 0 Å². The molecule has 1 aliphatic heterocycles. The van der Waals surface area contributed by atoms with Crippen molar-refractivity contribution in [3.8, 4) is 0 Å². The van der Waals surface area contributed by atoms with Crippen molar-refractivity contribution in [1.29, 1.82) is 0 Å². The molecule has 0 bridgehead atoms. The monoisotopic (exact) mass is 306 g/mol. The van der Waals surface area contributed by atoms with Gasteiger partial charge in [0.05, 0.1) is 12.8 Å². The van der Waals surface area contributed by atoms with Gasteiger partial charge in [0.25, 0.3) is 0 Å². The van der Waals surface area contributed by atoms with Crippen molar-refractivity contribution in [2.75, 3.05) is 33.2 Å². The zero-order valence-electron chi connectivity index (χ0n) is 13.8. The van der Waals surface area contributed by atoms with Crippen LogP contribution in [0.1, 0.15) is 44.3 Å². The van der Waals surface area contributed by atoms with Gasteiger partial charge < -0.3 is 20.0 Å². The summed E-state index contributed by atoms with van der Waals surface area (Å²) in [6, 6.07) is 3.86. The first-order valence-corrected chi connectivity index (χ1v) is 8.58. The topological polar surface area (TPSA) is 52.8 Å². The minimum atomic E-state index is 0.668. The largest absolute Gasteiger partial charge is 0.467 e. The number of guanidine groups is 1. The molecular weight excluding hydrogens is 276 g/mol. The van der Waals surface area contributed by atoms with E-state index in [4.69, 9.17) is 4.42 Å². The van der Waals surface area contributed by atoms with E-state index in [2.05, 4.69) is 20.5 Å². The average Bonchev–Trinajstić information content (AvgIpc) is 3.08. The number of furan rings is 1. The minimum Gasteiger partial charge on any atom is -0.467 e. The van der Waals surface area contributed by atoms with Crippen molar-refractivity contribution in [2.45, 2.75) is 45.1 Å². The highest BCUT2D eigenvalue weighted by Crippen LogP contribution is 2.09. The van der Waals surface area contributed by atoms with Gasteiger partial charge in [0.1, 0.15) is 5.76 Å². The summed E-state index contributed by atoms with van der Waals surface area (Å²) < 4.78 is 5.29. The molecule has 0 spiro atoms. The van der Waals surface area contributed by atoms with E-state index in [1.54, 1.807) is 13.3 Å². The van der Waals surface area contributed by atoms with Crippen LogP contribution < -0.4 is 10.6 Å². The van der Waals surface area contributed by atoms with Crippen LogP contribution in [0.3, 0.4) is 0 Å². The molecule has 0 aromatic carbocycles.